The topological polar surface area (TPSA) is 93.4 Å². The number of aliphatic carboxylic acids is 1. The first kappa shape index (κ1) is 15.3. The molecule has 1 aliphatic rings. The van der Waals surface area contributed by atoms with Gasteiger partial charge in [0.15, 0.2) is 5.82 Å². The number of methoxy groups -OCH3 is 1. The van der Waals surface area contributed by atoms with Crippen molar-refractivity contribution in [2.75, 3.05) is 25.1 Å². The minimum Gasteiger partial charge on any atom is -0.479 e. The normalized spacial score (nSPS) is 17.0. The third kappa shape index (κ3) is 2.49. The quantitative estimate of drug-likeness (QED) is 0.901. The Balaban J connectivity index is 1.86. The van der Waals surface area contributed by atoms with Crippen LogP contribution in [0.4, 0.5) is 5.82 Å². The molecule has 0 aromatic carbocycles. The first-order chi connectivity index (χ1) is 11.1. The van der Waals surface area contributed by atoms with E-state index >= 15 is 0 Å². The van der Waals surface area contributed by atoms with E-state index in [-0.39, 0.29) is 0 Å². The van der Waals surface area contributed by atoms with Crippen molar-refractivity contribution < 1.29 is 14.6 Å². The van der Waals surface area contributed by atoms with Crippen LogP contribution in [-0.4, -0.2) is 50.8 Å². The molecule has 8 nitrogen and oxygen atoms in total. The molecule has 0 unspecified atom stereocenters. The molecule has 0 aliphatic carbocycles. The molecule has 1 N–H and O–H groups in total. The van der Waals surface area contributed by atoms with Crippen LogP contribution in [-0.2, 0) is 10.3 Å². The van der Waals surface area contributed by atoms with Crippen LogP contribution in [0.15, 0.2) is 24.8 Å². The zero-order chi connectivity index (χ0) is 16.4. The molecular formula is C15H19N5O3. The third-order valence-electron chi connectivity index (χ3n) is 4.42. The number of aryl methyl sites for hydroxylation is 1. The van der Waals surface area contributed by atoms with Crippen LogP contribution in [0.25, 0.3) is 0 Å². The van der Waals surface area contributed by atoms with Crippen molar-refractivity contribution in [3.05, 3.63) is 30.6 Å². The van der Waals surface area contributed by atoms with Crippen LogP contribution in [0.1, 0.15) is 18.7 Å². The van der Waals surface area contributed by atoms with Gasteiger partial charge in [0.2, 0.25) is 0 Å². The Bertz CT molecular complexity index is 707. The zero-order valence-corrected chi connectivity index (χ0v) is 13.1. The SMILES string of the molecule is COc1nccnc1N1CCC(C(=O)O)(n2ccnc2C)CC1. The summed E-state index contributed by atoms with van der Waals surface area (Å²) in [7, 11) is 1.55. The molecule has 3 rings (SSSR count). The lowest BCUT2D eigenvalue weighted by atomic mass is 9.87. The lowest BCUT2D eigenvalue weighted by molar-refractivity contribution is -0.149. The van der Waals surface area contributed by atoms with Crippen LogP contribution in [0.5, 0.6) is 5.88 Å². The molecule has 8 heteroatoms. The number of carboxylic acids is 1. The van der Waals surface area contributed by atoms with Gasteiger partial charge in [0.05, 0.1) is 7.11 Å². The lowest BCUT2D eigenvalue weighted by Gasteiger charge is -2.40. The number of ether oxygens (including phenoxy) is 1. The van der Waals surface area contributed by atoms with Crippen molar-refractivity contribution in [2.45, 2.75) is 25.3 Å². The first-order valence-corrected chi connectivity index (χ1v) is 7.42. The van der Waals surface area contributed by atoms with Crippen LogP contribution in [0.2, 0.25) is 0 Å². The number of hydrogen-bond donors (Lipinski definition) is 1. The summed E-state index contributed by atoms with van der Waals surface area (Å²) in [6, 6.07) is 0. The van der Waals surface area contributed by atoms with Gasteiger partial charge in [-0.1, -0.05) is 0 Å². The van der Waals surface area contributed by atoms with Crippen LogP contribution < -0.4 is 9.64 Å². The molecule has 0 amide bonds. The Hall–Kier alpha value is -2.64. The van der Waals surface area contributed by atoms with Gasteiger partial charge in [-0.2, -0.15) is 0 Å². The molecular weight excluding hydrogens is 298 g/mol. The van der Waals surface area contributed by atoms with Crippen molar-refractivity contribution in [1.29, 1.82) is 0 Å². The van der Waals surface area contributed by atoms with Crippen molar-refractivity contribution in [3.63, 3.8) is 0 Å². The zero-order valence-electron chi connectivity index (χ0n) is 13.1. The molecule has 1 saturated heterocycles. The molecule has 1 fully saturated rings. The average molecular weight is 317 g/mol. The maximum Gasteiger partial charge on any atom is 0.330 e. The van der Waals surface area contributed by atoms with Gasteiger partial charge in [-0.3, -0.25) is 0 Å². The number of piperidine rings is 1. The van der Waals surface area contributed by atoms with E-state index in [0.717, 1.165) is 0 Å². The third-order valence-corrected chi connectivity index (χ3v) is 4.42. The molecule has 2 aromatic heterocycles. The fraction of sp³-hybridized carbons (Fsp3) is 0.467. The molecule has 1 aliphatic heterocycles. The van der Waals surface area contributed by atoms with Gasteiger partial charge in [0.25, 0.3) is 5.88 Å². The molecule has 0 saturated carbocycles. The summed E-state index contributed by atoms with van der Waals surface area (Å²) in [5.41, 5.74) is -0.966. The van der Waals surface area contributed by atoms with Gasteiger partial charge in [-0.15, -0.1) is 0 Å². The standard InChI is InChI=1S/C15H19N5O3/c1-11-16-7-10-20(11)15(14(21)22)3-8-19(9-4-15)12-13(23-2)18-6-5-17-12/h5-7,10H,3-4,8-9H2,1-2H3,(H,21,22). The Labute approximate surface area is 133 Å². The Morgan fingerprint density at radius 1 is 1.22 bits per heavy atom. The van der Waals surface area contributed by atoms with Gasteiger partial charge in [-0.25, -0.2) is 19.7 Å². The number of carboxylic acid groups (broad SMARTS) is 1. The van der Waals surface area contributed by atoms with Gasteiger partial charge in [0.1, 0.15) is 11.4 Å². The van der Waals surface area contributed by atoms with E-state index < -0.39 is 11.5 Å². The lowest BCUT2D eigenvalue weighted by Crippen LogP contribution is -2.51. The van der Waals surface area contributed by atoms with Crippen molar-refractivity contribution in [2.24, 2.45) is 0 Å². The van der Waals surface area contributed by atoms with Gasteiger partial charge >= 0.3 is 5.97 Å². The van der Waals surface area contributed by atoms with E-state index in [4.69, 9.17) is 4.74 Å². The number of imidazole rings is 1. The van der Waals surface area contributed by atoms with Crippen LogP contribution >= 0.6 is 0 Å². The molecule has 122 valence electrons. The maximum atomic E-state index is 12.0. The molecule has 23 heavy (non-hydrogen) atoms. The fourth-order valence-corrected chi connectivity index (χ4v) is 3.16. The summed E-state index contributed by atoms with van der Waals surface area (Å²) in [5, 5.41) is 9.82. The van der Waals surface area contributed by atoms with Crippen molar-refractivity contribution >= 4 is 11.8 Å². The Morgan fingerprint density at radius 3 is 2.48 bits per heavy atom. The van der Waals surface area contributed by atoms with E-state index in [1.807, 2.05) is 11.8 Å². The highest BCUT2D eigenvalue weighted by Crippen LogP contribution is 2.35. The highest BCUT2D eigenvalue weighted by molar-refractivity contribution is 5.77. The van der Waals surface area contributed by atoms with Gasteiger partial charge in [0, 0.05) is 37.9 Å². The highest BCUT2D eigenvalue weighted by atomic mass is 16.5. The summed E-state index contributed by atoms with van der Waals surface area (Å²) in [6.45, 7) is 2.93. The van der Waals surface area contributed by atoms with Crippen LogP contribution in [0.3, 0.4) is 0 Å². The monoisotopic (exact) mass is 317 g/mol. The summed E-state index contributed by atoms with van der Waals surface area (Å²) >= 11 is 0. The number of rotatable bonds is 4. The summed E-state index contributed by atoms with van der Waals surface area (Å²) in [5.74, 6) is 0.979. The summed E-state index contributed by atoms with van der Waals surface area (Å²) in [6.07, 6.45) is 7.47. The van der Waals surface area contributed by atoms with E-state index in [1.165, 1.54) is 0 Å². The number of hydrogen-bond acceptors (Lipinski definition) is 6. The predicted octanol–water partition coefficient (Wildman–Crippen LogP) is 1.07. The number of carbonyl (C=O) groups is 1. The second-order valence-corrected chi connectivity index (χ2v) is 5.56. The Morgan fingerprint density at radius 2 is 1.91 bits per heavy atom. The molecule has 0 spiro atoms. The maximum absolute atomic E-state index is 12.0. The minimum absolute atomic E-state index is 0.453. The van der Waals surface area contributed by atoms with Gasteiger partial charge in [-0.05, 0) is 19.8 Å². The fourth-order valence-electron chi connectivity index (χ4n) is 3.16. The van der Waals surface area contributed by atoms with E-state index in [2.05, 4.69) is 15.0 Å². The predicted molar refractivity (Wildman–Crippen MR) is 82.6 cm³/mol. The summed E-state index contributed by atoms with van der Waals surface area (Å²) in [4.78, 5) is 26.6. The molecule has 0 bridgehead atoms. The van der Waals surface area contributed by atoms with E-state index in [1.54, 1.807) is 36.5 Å². The molecule has 3 heterocycles. The molecule has 2 aromatic rings. The van der Waals surface area contributed by atoms with Crippen molar-refractivity contribution in [3.8, 4) is 5.88 Å². The first-order valence-electron chi connectivity index (χ1n) is 7.42. The van der Waals surface area contributed by atoms with Crippen LogP contribution in [0, 0.1) is 6.92 Å². The van der Waals surface area contributed by atoms with E-state index in [0.29, 0.717) is 43.5 Å². The second-order valence-electron chi connectivity index (χ2n) is 5.56. The highest BCUT2D eigenvalue weighted by Gasteiger charge is 2.44. The smallest absolute Gasteiger partial charge is 0.330 e. The number of anilines is 1. The largest absolute Gasteiger partial charge is 0.479 e. The molecule has 0 atom stereocenters. The van der Waals surface area contributed by atoms with Gasteiger partial charge < -0.3 is 19.3 Å². The molecule has 0 radical (unpaired) electrons. The average Bonchev–Trinajstić information content (AvgIpc) is 3.01. The van der Waals surface area contributed by atoms with E-state index in [9.17, 15) is 9.90 Å². The second kappa shape index (κ2) is 5.86. The Kier molecular flexibility index (Phi) is 3.89. The summed E-state index contributed by atoms with van der Waals surface area (Å²) < 4.78 is 7.01. The minimum atomic E-state index is -0.966. The number of nitrogens with zero attached hydrogens (tertiary/aromatic N) is 5. The van der Waals surface area contributed by atoms with Crippen molar-refractivity contribution in [1.82, 2.24) is 19.5 Å². The number of aromatic nitrogens is 4.